The minimum Gasteiger partial charge on any atom is -0.307 e. The van der Waals surface area contributed by atoms with Gasteiger partial charge in [0, 0.05) is 21.7 Å². The Morgan fingerprint density at radius 2 is 1.79 bits per heavy atom. The first-order chi connectivity index (χ1) is 9.06. The number of benzene rings is 1. The molecule has 0 aliphatic carbocycles. The Kier molecular flexibility index (Phi) is 5.00. The van der Waals surface area contributed by atoms with Crippen molar-refractivity contribution in [2.45, 2.75) is 52.6 Å². The Hall–Kier alpha value is -0.860. The van der Waals surface area contributed by atoms with Crippen molar-refractivity contribution in [1.82, 2.24) is 5.32 Å². The highest BCUT2D eigenvalue weighted by Crippen LogP contribution is 2.29. The summed E-state index contributed by atoms with van der Waals surface area (Å²) in [4.78, 5) is 1.44. The molecule has 19 heavy (non-hydrogen) atoms. The molecule has 0 amide bonds. The van der Waals surface area contributed by atoms with Crippen molar-refractivity contribution in [3.8, 4) is 0 Å². The molecule has 1 nitrogen and oxygen atoms in total. The van der Waals surface area contributed by atoms with Crippen LogP contribution in [0.5, 0.6) is 0 Å². The Balaban J connectivity index is 1.97. The second-order valence-corrected chi connectivity index (χ2v) is 7.06. The predicted octanol–water partition coefficient (Wildman–Crippen LogP) is 5.38. The van der Waals surface area contributed by atoms with Crippen LogP contribution in [0.3, 0.4) is 0 Å². The second kappa shape index (κ2) is 6.53. The van der Waals surface area contributed by atoms with E-state index in [2.05, 4.69) is 63.3 Å². The van der Waals surface area contributed by atoms with E-state index in [1.807, 2.05) is 11.3 Å². The topological polar surface area (TPSA) is 12.0 Å². The molecule has 0 radical (unpaired) electrons. The van der Waals surface area contributed by atoms with Gasteiger partial charge in [-0.1, -0.05) is 32.0 Å². The summed E-state index contributed by atoms with van der Waals surface area (Å²) in [6.07, 6.45) is 2.56. The molecule has 1 aromatic heterocycles. The molecule has 2 rings (SSSR count). The molecule has 0 saturated heterocycles. The van der Waals surface area contributed by atoms with E-state index in [0.29, 0.717) is 12.1 Å². The summed E-state index contributed by atoms with van der Waals surface area (Å²) in [5.41, 5.74) is 0. The molecule has 0 aliphatic rings. The fourth-order valence-corrected chi connectivity index (χ4v) is 3.47. The normalized spacial score (nSPS) is 15.0. The van der Waals surface area contributed by atoms with Crippen LogP contribution in [-0.2, 0) is 0 Å². The van der Waals surface area contributed by atoms with E-state index in [9.17, 15) is 0 Å². The van der Waals surface area contributed by atoms with Crippen LogP contribution in [0.15, 0.2) is 30.3 Å². The van der Waals surface area contributed by atoms with Gasteiger partial charge in [0.1, 0.15) is 0 Å². The van der Waals surface area contributed by atoms with Crippen molar-refractivity contribution < 1.29 is 0 Å². The monoisotopic (exact) mass is 275 g/mol. The first-order valence-corrected chi connectivity index (χ1v) is 8.12. The summed E-state index contributed by atoms with van der Waals surface area (Å²) in [5, 5.41) is 5.09. The first-order valence-electron chi connectivity index (χ1n) is 7.30. The molecule has 2 aromatic rings. The number of rotatable bonds is 6. The fourth-order valence-electron chi connectivity index (χ4n) is 2.39. The van der Waals surface area contributed by atoms with E-state index in [4.69, 9.17) is 0 Å². The van der Waals surface area contributed by atoms with E-state index < -0.39 is 0 Å². The fraction of sp³-hybridized carbons (Fsp3) is 0.529. The van der Waals surface area contributed by atoms with Crippen molar-refractivity contribution in [2.75, 3.05) is 0 Å². The summed E-state index contributed by atoms with van der Waals surface area (Å²) in [6, 6.07) is 12.0. The summed E-state index contributed by atoms with van der Waals surface area (Å²) in [6.45, 7) is 9.16. The van der Waals surface area contributed by atoms with Crippen LogP contribution < -0.4 is 5.32 Å². The maximum absolute atomic E-state index is 3.72. The summed E-state index contributed by atoms with van der Waals surface area (Å²) < 4.78 is 1.39. The Morgan fingerprint density at radius 1 is 1.05 bits per heavy atom. The Bertz CT molecular complexity index is 482. The smallest absolute Gasteiger partial charge is 0.0388 e. The Morgan fingerprint density at radius 3 is 2.47 bits per heavy atom. The zero-order valence-electron chi connectivity index (χ0n) is 12.4. The first kappa shape index (κ1) is 14.5. The maximum Gasteiger partial charge on any atom is 0.0388 e. The summed E-state index contributed by atoms with van der Waals surface area (Å²) >= 11 is 1.91. The molecule has 2 atom stereocenters. The van der Waals surface area contributed by atoms with Crippen LogP contribution in [0.2, 0.25) is 0 Å². The third-order valence-corrected chi connectivity index (χ3v) is 4.88. The molecule has 0 bridgehead atoms. The van der Waals surface area contributed by atoms with Gasteiger partial charge in [0.25, 0.3) is 0 Å². The van der Waals surface area contributed by atoms with Gasteiger partial charge in [-0.25, -0.2) is 0 Å². The average Bonchev–Trinajstić information content (AvgIpc) is 2.80. The van der Waals surface area contributed by atoms with Gasteiger partial charge < -0.3 is 5.32 Å². The molecule has 1 aromatic carbocycles. The van der Waals surface area contributed by atoms with Crippen molar-refractivity contribution in [1.29, 1.82) is 0 Å². The molecule has 2 unspecified atom stereocenters. The number of hydrogen-bond donors (Lipinski definition) is 1. The van der Waals surface area contributed by atoms with Gasteiger partial charge in [0.2, 0.25) is 0 Å². The lowest BCUT2D eigenvalue weighted by Crippen LogP contribution is -2.28. The largest absolute Gasteiger partial charge is 0.307 e. The maximum atomic E-state index is 3.72. The quantitative estimate of drug-likeness (QED) is 0.746. The van der Waals surface area contributed by atoms with Gasteiger partial charge in [0.15, 0.2) is 0 Å². The number of nitrogens with one attached hydrogen (secondary N) is 1. The van der Waals surface area contributed by atoms with Crippen LogP contribution in [0.4, 0.5) is 0 Å². The SMILES string of the molecule is CC(C)CCC(C)NC(C)c1cc2ccccc2s1. The molecule has 0 fully saturated rings. The van der Waals surface area contributed by atoms with Crippen LogP contribution in [0, 0.1) is 5.92 Å². The number of hydrogen-bond acceptors (Lipinski definition) is 2. The van der Waals surface area contributed by atoms with E-state index >= 15 is 0 Å². The molecule has 0 saturated carbocycles. The molecule has 1 N–H and O–H groups in total. The van der Waals surface area contributed by atoms with E-state index in [1.165, 1.54) is 27.8 Å². The highest BCUT2D eigenvalue weighted by Gasteiger charge is 2.12. The highest BCUT2D eigenvalue weighted by atomic mass is 32.1. The van der Waals surface area contributed by atoms with Crippen molar-refractivity contribution >= 4 is 21.4 Å². The van der Waals surface area contributed by atoms with Gasteiger partial charge >= 0.3 is 0 Å². The van der Waals surface area contributed by atoms with Crippen molar-refractivity contribution in [2.24, 2.45) is 5.92 Å². The summed E-state index contributed by atoms with van der Waals surface area (Å²) in [5.74, 6) is 0.795. The molecular formula is C17H25NS. The molecule has 0 aliphatic heterocycles. The van der Waals surface area contributed by atoms with Gasteiger partial charge in [-0.2, -0.15) is 0 Å². The third-order valence-electron chi connectivity index (χ3n) is 3.58. The lowest BCUT2D eigenvalue weighted by Gasteiger charge is -2.19. The minimum atomic E-state index is 0.444. The lowest BCUT2D eigenvalue weighted by atomic mass is 10.0. The second-order valence-electron chi connectivity index (χ2n) is 5.95. The van der Waals surface area contributed by atoms with Gasteiger partial charge in [0.05, 0.1) is 0 Å². The highest BCUT2D eigenvalue weighted by molar-refractivity contribution is 7.19. The van der Waals surface area contributed by atoms with Crippen molar-refractivity contribution in [3.63, 3.8) is 0 Å². The minimum absolute atomic E-state index is 0.444. The van der Waals surface area contributed by atoms with E-state index in [0.717, 1.165) is 5.92 Å². The number of thiophene rings is 1. The van der Waals surface area contributed by atoms with Crippen molar-refractivity contribution in [3.05, 3.63) is 35.2 Å². The zero-order valence-corrected chi connectivity index (χ0v) is 13.3. The standard InChI is InChI=1S/C17H25NS/c1-12(2)9-10-13(3)18-14(4)17-11-15-7-5-6-8-16(15)19-17/h5-8,11-14,18H,9-10H2,1-4H3. The van der Waals surface area contributed by atoms with Gasteiger partial charge in [-0.05, 0) is 50.1 Å². The zero-order chi connectivity index (χ0) is 13.8. The molecule has 104 valence electrons. The molecule has 0 spiro atoms. The van der Waals surface area contributed by atoms with Crippen LogP contribution >= 0.6 is 11.3 Å². The third kappa shape index (κ3) is 4.05. The molecule has 1 heterocycles. The van der Waals surface area contributed by atoms with Gasteiger partial charge in [-0.3, -0.25) is 0 Å². The average molecular weight is 275 g/mol. The predicted molar refractivity (Wildman–Crippen MR) is 86.9 cm³/mol. The lowest BCUT2D eigenvalue weighted by molar-refractivity contribution is 0.419. The van der Waals surface area contributed by atoms with Crippen LogP contribution in [0.1, 0.15) is 51.5 Å². The van der Waals surface area contributed by atoms with Gasteiger partial charge in [-0.15, -0.1) is 11.3 Å². The van der Waals surface area contributed by atoms with E-state index in [-0.39, 0.29) is 0 Å². The molecule has 2 heteroatoms. The number of fused-ring (bicyclic) bond motifs is 1. The van der Waals surface area contributed by atoms with E-state index in [1.54, 1.807) is 0 Å². The molecular weight excluding hydrogens is 250 g/mol. The van der Waals surface area contributed by atoms with Crippen LogP contribution in [-0.4, -0.2) is 6.04 Å². The summed E-state index contributed by atoms with van der Waals surface area (Å²) in [7, 11) is 0. The Labute approximate surface area is 121 Å². The van der Waals surface area contributed by atoms with Crippen LogP contribution in [0.25, 0.3) is 10.1 Å².